The van der Waals surface area contributed by atoms with Gasteiger partial charge in [-0.2, -0.15) is 0 Å². The van der Waals surface area contributed by atoms with Crippen molar-refractivity contribution in [2.45, 2.75) is 112 Å². The largest absolute Gasteiger partial charge is 0.462 e. The first-order valence-corrected chi connectivity index (χ1v) is 12.2. The number of hydrogen-bond acceptors (Lipinski definition) is 5. The molecule has 3 aliphatic carbocycles. The molecule has 0 bridgehead atoms. The zero-order valence-electron chi connectivity index (χ0n) is 20.5. The van der Waals surface area contributed by atoms with Crippen molar-refractivity contribution in [2.24, 2.45) is 33.5 Å². The molecule has 176 valence electrons. The maximum absolute atomic E-state index is 13.4. The lowest BCUT2D eigenvalue weighted by molar-refractivity contribution is -0.226. The Balaban J connectivity index is 1.99. The predicted octanol–water partition coefficient (Wildman–Crippen LogP) is 4.88. The lowest BCUT2D eigenvalue weighted by Crippen LogP contribution is -2.67. The number of hydrogen-bond donors (Lipinski definition) is 1. The molecule has 5 nitrogen and oxygen atoms in total. The van der Waals surface area contributed by atoms with Gasteiger partial charge in [0.05, 0.1) is 0 Å². The molecule has 3 rings (SSSR count). The van der Waals surface area contributed by atoms with Crippen LogP contribution < -0.4 is 0 Å². The number of aliphatic hydroxyl groups is 1. The minimum atomic E-state index is -0.968. The molecule has 0 aromatic rings. The van der Waals surface area contributed by atoms with E-state index in [-0.39, 0.29) is 45.8 Å². The van der Waals surface area contributed by atoms with Gasteiger partial charge < -0.3 is 9.84 Å². The van der Waals surface area contributed by atoms with Gasteiger partial charge in [-0.3, -0.25) is 14.4 Å². The van der Waals surface area contributed by atoms with E-state index in [1.807, 2.05) is 13.8 Å². The zero-order valence-corrected chi connectivity index (χ0v) is 20.5. The standard InChI is InChI=1S/C26H42O5/c1-8-17(28)9-13-26(7)22(30)18(29)15-20-24(5)12-11-21(31-16(2)27)23(3,4)19(24)10-14-25(20,26)6/h18-21,29H,8-15H2,1-7H3/t18-,19+,20-,21+,24+,25-,26-/m1/s1. The Labute approximate surface area is 187 Å². The van der Waals surface area contributed by atoms with Crippen molar-refractivity contribution < 1.29 is 24.2 Å². The van der Waals surface area contributed by atoms with Crippen molar-refractivity contribution in [3.63, 3.8) is 0 Å². The molecule has 0 aromatic heterocycles. The summed E-state index contributed by atoms with van der Waals surface area (Å²) in [6.07, 6.45) is 4.41. The maximum Gasteiger partial charge on any atom is 0.302 e. The lowest BCUT2D eigenvalue weighted by Gasteiger charge is -2.68. The molecule has 0 amide bonds. The number of ether oxygens (including phenoxy) is 1. The van der Waals surface area contributed by atoms with Crippen LogP contribution in [0.2, 0.25) is 0 Å². The third kappa shape index (κ3) is 3.59. The quantitative estimate of drug-likeness (QED) is 0.624. The monoisotopic (exact) mass is 434 g/mol. The molecule has 1 N–H and O–H groups in total. The zero-order chi connectivity index (χ0) is 23.4. The van der Waals surface area contributed by atoms with Crippen LogP contribution >= 0.6 is 0 Å². The van der Waals surface area contributed by atoms with Crippen LogP contribution in [0.25, 0.3) is 0 Å². The second-order valence-electron chi connectivity index (χ2n) is 11.9. The first-order chi connectivity index (χ1) is 14.2. The summed E-state index contributed by atoms with van der Waals surface area (Å²) in [7, 11) is 0. The molecular weight excluding hydrogens is 392 g/mol. The van der Waals surface area contributed by atoms with E-state index in [4.69, 9.17) is 4.74 Å². The van der Waals surface area contributed by atoms with E-state index >= 15 is 0 Å². The lowest BCUT2D eigenvalue weighted by atomic mass is 9.36. The Kier molecular flexibility index (Phi) is 6.27. The van der Waals surface area contributed by atoms with Crippen molar-refractivity contribution in [2.75, 3.05) is 0 Å². The smallest absolute Gasteiger partial charge is 0.302 e. The number of ketones is 2. The van der Waals surface area contributed by atoms with Gasteiger partial charge >= 0.3 is 5.97 Å². The fourth-order valence-electron chi connectivity index (χ4n) is 8.08. The summed E-state index contributed by atoms with van der Waals surface area (Å²) in [5, 5.41) is 10.9. The second-order valence-corrected chi connectivity index (χ2v) is 11.9. The number of carbonyl (C=O) groups is 3. The first-order valence-electron chi connectivity index (χ1n) is 12.2. The second kappa shape index (κ2) is 7.97. The van der Waals surface area contributed by atoms with E-state index in [9.17, 15) is 19.5 Å². The molecule has 0 radical (unpaired) electrons. The molecular formula is C26H42O5. The summed E-state index contributed by atoms with van der Waals surface area (Å²) in [6, 6.07) is 0. The van der Waals surface area contributed by atoms with Crippen molar-refractivity contribution >= 4 is 17.5 Å². The molecule has 7 atom stereocenters. The Bertz CT molecular complexity index is 757. The van der Waals surface area contributed by atoms with Crippen molar-refractivity contribution in [3.05, 3.63) is 0 Å². The van der Waals surface area contributed by atoms with Gasteiger partial charge in [0, 0.05) is 30.6 Å². The number of aliphatic hydroxyl groups excluding tert-OH is 1. The van der Waals surface area contributed by atoms with Crippen LogP contribution in [-0.2, 0) is 19.1 Å². The number of carbonyl (C=O) groups excluding carboxylic acids is 3. The maximum atomic E-state index is 13.4. The van der Waals surface area contributed by atoms with Crippen molar-refractivity contribution in [1.29, 1.82) is 0 Å². The summed E-state index contributed by atoms with van der Waals surface area (Å²) >= 11 is 0. The Hall–Kier alpha value is -1.23. The average Bonchev–Trinajstić information content (AvgIpc) is 2.68. The highest BCUT2D eigenvalue weighted by Gasteiger charge is 2.68. The highest BCUT2D eigenvalue weighted by Crippen LogP contribution is 2.71. The Morgan fingerprint density at radius 3 is 2.29 bits per heavy atom. The number of esters is 1. The van der Waals surface area contributed by atoms with Crippen molar-refractivity contribution in [1.82, 2.24) is 0 Å². The SMILES string of the molecule is CCC(=O)CC[C@]1(C)C(=O)[C@H](O)C[C@@H]2[C@@]3(C)CC[C@H](OC(C)=O)C(C)(C)[C@@H]3CC[C@]21C. The van der Waals surface area contributed by atoms with E-state index in [1.165, 1.54) is 6.92 Å². The summed E-state index contributed by atoms with van der Waals surface area (Å²) < 4.78 is 5.74. The van der Waals surface area contributed by atoms with Crippen LogP contribution in [0.1, 0.15) is 99.8 Å². The third-order valence-corrected chi connectivity index (χ3v) is 10.2. The average molecular weight is 435 g/mol. The minimum Gasteiger partial charge on any atom is -0.462 e. The van der Waals surface area contributed by atoms with Crippen molar-refractivity contribution in [3.8, 4) is 0 Å². The van der Waals surface area contributed by atoms with Gasteiger partial charge in [-0.25, -0.2) is 0 Å². The predicted molar refractivity (Wildman–Crippen MR) is 119 cm³/mol. The molecule has 3 aliphatic rings. The van der Waals surface area contributed by atoms with Crippen LogP contribution in [0.3, 0.4) is 0 Å². The molecule has 3 fully saturated rings. The molecule has 3 saturated carbocycles. The van der Waals surface area contributed by atoms with Crippen LogP contribution in [0.4, 0.5) is 0 Å². The summed E-state index contributed by atoms with van der Waals surface area (Å²) in [6.45, 7) is 14.4. The molecule has 0 saturated heterocycles. The van der Waals surface area contributed by atoms with Gasteiger partial charge in [-0.1, -0.05) is 41.5 Å². The highest BCUT2D eigenvalue weighted by molar-refractivity contribution is 5.91. The number of fused-ring (bicyclic) bond motifs is 3. The van der Waals surface area contributed by atoms with Gasteiger partial charge in [-0.05, 0) is 61.2 Å². The van der Waals surface area contributed by atoms with Gasteiger partial charge in [0.25, 0.3) is 0 Å². The molecule has 0 unspecified atom stereocenters. The molecule has 0 aliphatic heterocycles. The fourth-order valence-corrected chi connectivity index (χ4v) is 8.08. The van der Waals surface area contributed by atoms with Crippen LogP contribution in [0.15, 0.2) is 0 Å². The normalized spacial score (nSPS) is 44.2. The van der Waals surface area contributed by atoms with Crippen LogP contribution in [0.5, 0.6) is 0 Å². The number of Topliss-reactive ketones (excluding diaryl/α,β-unsaturated/α-hetero) is 2. The van der Waals surface area contributed by atoms with E-state index in [1.54, 1.807) is 0 Å². The summed E-state index contributed by atoms with van der Waals surface area (Å²) in [5.74, 6) is 0.403. The van der Waals surface area contributed by atoms with E-state index in [0.717, 1.165) is 25.7 Å². The Morgan fingerprint density at radius 1 is 1.06 bits per heavy atom. The molecule has 0 heterocycles. The fraction of sp³-hybridized carbons (Fsp3) is 0.885. The molecule has 5 heteroatoms. The highest BCUT2D eigenvalue weighted by atomic mass is 16.5. The Morgan fingerprint density at radius 2 is 1.71 bits per heavy atom. The third-order valence-electron chi connectivity index (χ3n) is 10.2. The summed E-state index contributed by atoms with van der Waals surface area (Å²) in [4.78, 5) is 37.2. The minimum absolute atomic E-state index is 0.0507. The van der Waals surface area contributed by atoms with E-state index in [0.29, 0.717) is 31.6 Å². The van der Waals surface area contributed by atoms with Gasteiger partial charge in [0.1, 0.15) is 18.0 Å². The van der Waals surface area contributed by atoms with Gasteiger partial charge in [0.15, 0.2) is 5.78 Å². The van der Waals surface area contributed by atoms with E-state index in [2.05, 4.69) is 27.7 Å². The van der Waals surface area contributed by atoms with Gasteiger partial charge in [-0.15, -0.1) is 0 Å². The number of rotatable bonds is 5. The summed E-state index contributed by atoms with van der Waals surface area (Å²) in [5.41, 5.74) is -1.18. The van der Waals surface area contributed by atoms with E-state index < -0.39 is 11.5 Å². The molecule has 0 aromatic carbocycles. The first kappa shape index (κ1) is 24.4. The van der Waals surface area contributed by atoms with Crippen LogP contribution in [0, 0.1) is 33.5 Å². The van der Waals surface area contributed by atoms with Gasteiger partial charge in [0.2, 0.25) is 0 Å². The molecule has 0 spiro atoms. The molecule has 31 heavy (non-hydrogen) atoms. The van der Waals surface area contributed by atoms with Crippen LogP contribution in [-0.4, -0.2) is 34.9 Å². The topological polar surface area (TPSA) is 80.7 Å².